The van der Waals surface area contributed by atoms with Crippen molar-refractivity contribution >= 4 is 11.8 Å². The number of nitrogen functional groups attached to an aromatic ring is 2. The van der Waals surface area contributed by atoms with Gasteiger partial charge in [0, 0.05) is 18.4 Å². The van der Waals surface area contributed by atoms with E-state index < -0.39 is 23.5 Å². The molecule has 1 heterocycles. The van der Waals surface area contributed by atoms with Gasteiger partial charge in [0.15, 0.2) is 0 Å². The van der Waals surface area contributed by atoms with Crippen molar-refractivity contribution in [3.63, 3.8) is 0 Å². The lowest BCUT2D eigenvalue weighted by atomic mass is 9.98. The lowest BCUT2D eigenvalue weighted by molar-refractivity contribution is -0.138. The van der Waals surface area contributed by atoms with Crippen LogP contribution in [-0.4, -0.2) is 9.97 Å². The molecule has 3 rings (SSSR count). The van der Waals surface area contributed by atoms with E-state index in [0.29, 0.717) is 16.7 Å². The molecule has 0 spiro atoms. The Bertz CT molecular complexity index is 1060. The quantitative estimate of drug-likeness (QED) is 0.584. The van der Waals surface area contributed by atoms with Crippen molar-refractivity contribution in [2.24, 2.45) is 0 Å². The molecule has 0 aliphatic heterocycles. The number of hydrogen-bond donors (Lipinski definition) is 2. The molecule has 0 amide bonds. The van der Waals surface area contributed by atoms with Gasteiger partial charge in [-0.15, -0.1) is 0 Å². The van der Waals surface area contributed by atoms with Gasteiger partial charge >= 0.3 is 12.4 Å². The van der Waals surface area contributed by atoms with Gasteiger partial charge in [0.05, 0.1) is 16.8 Å². The lowest BCUT2D eigenvalue weighted by Gasteiger charge is -2.14. The molecule has 0 fully saturated rings. The number of hydrogen-bond acceptors (Lipinski definition) is 4. The molecule has 1 aromatic heterocycles. The molecule has 0 bridgehead atoms. The van der Waals surface area contributed by atoms with Crippen LogP contribution in [0.2, 0.25) is 0 Å². The normalized spacial score (nSPS) is 12.2. The van der Waals surface area contributed by atoms with Crippen LogP contribution >= 0.6 is 0 Å². The van der Waals surface area contributed by atoms with Gasteiger partial charge in [0.25, 0.3) is 0 Å². The second-order valence-corrected chi connectivity index (χ2v) is 6.64. The summed E-state index contributed by atoms with van der Waals surface area (Å²) < 4.78 is 77.9. The Kier molecular flexibility index (Phi) is 5.60. The van der Waals surface area contributed by atoms with Crippen LogP contribution in [0.5, 0.6) is 0 Å². The highest BCUT2D eigenvalue weighted by Crippen LogP contribution is 2.32. The Balaban J connectivity index is 1.98. The number of benzene rings is 2. The summed E-state index contributed by atoms with van der Waals surface area (Å²) in [5, 5.41) is 0. The highest BCUT2D eigenvalue weighted by Gasteiger charge is 2.31. The Labute approximate surface area is 167 Å². The molecule has 0 saturated carbocycles. The number of nitrogens with zero attached hydrogens (tertiary/aromatic N) is 2. The summed E-state index contributed by atoms with van der Waals surface area (Å²) in [6.45, 7) is 0. The van der Waals surface area contributed by atoms with E-state index in [1.165, 1.54) is 24.3 Å². The summed E-state index contributed by atoms with van der Waals surface area (Å²) in [5.41, 5.74) is 11.0. The van der Waals surface area contributed by atoms with E-state index in [0.717, 1.165) is 24.3 Å². The minimum absolute atomic E-state index is 0.0374. The number of nitrogens with two attached hydrogens (primary N) is 2. The van der Waals surface area contributed by atoms with Crippen molar-refractivity contribution in [3.05, 3.63) is 82.0 Å². The van der Waals surface area contributed by atoms with E-state index in [1.54, 1.807) is 0 Å². The Morgan fingerprint density at radius 2 is 1.20 bits per heavy atom. The van der Waals surface area contributed by atoms with E-state index >= 15 is 0 Å². The number of anilines is 2. The zero-order valence-electron chi connectivity index (χ0n) is 15.3. The topological polar surface area (TPSA) is 77.8 Å². The van der Waals surface area contributed by atoms with Crippen LogP contribution in [0.3, 0.4) is 0 Å². The molecule has 0 saturated heterocycles. The Hall–Kier alpha value is -3.30. The molecule has 0 atom stereocenters. The molecule has 0 radical (unpaired) electrons. The van der Waals surface area contributed by atoms with E-state index in [2.05, 4.69) is 9.97 Å². The van der Waals surface area contributed by atoms with Crippen molar-refractivity contribution in [2.45, 2.75) is 25.2 Å². The smallest absolute Gasteiger partial charge is 0.383 e. The molecule has 4 nitrogen and oxygen atoms in total. The number of aromatic nitrogens is 2. The van der Waals surface area contributed by atoms with Gasteiger partial charge in [-0.05, 0) is 23.3 Å². The summed E-state index contributed by atoms with van der Waals surface area (Å²) in [6, 6.07) is 9.33. The summed E-state index contributed by atoms with van der Waals surface area (Å²) in [5.74, 6) is -0.218. The second-order valence-electron chi connectivity index (χ2n) is 6.64. The van der Waals surface area contributed by atoms with Gasteiger partial charge in [-0.3, -0.25) is 0 Å². The third kappa shape index (κ3) is 5.00. The van der Waals surface area contributed by atoms with Crippen LogP contribution < -0.4 is 11.5 Å². The lowest BCUT2D eigenvalue weighted by Crippen LogP contribution is -2.11. The molecule has 0 unspecified atom stereocenters. The summed E-state index contributed by atoms with van der Waals surface area (Å²) in [4.78, 5) is 7.91. The molecule has 0 aliphatic rings. The maximum Gasteiger partial charge on any atom is 0.416 e. The Morgan fingerprint density at radius 1 is 0.700 bits per heavy atom. The largest absolute Gasteiger partial charge is 0.416 e. The molecule has 30 heavy (non-hydrogen) atoms. The second kappa shape index (κ2) is 7.85. The van der Waals surface area contributed by atoms with Gasteiger partial charge in [-0.25, -0.2) is 4.98 Å². The average Bonchev–Trinajstić information content (AvgIpc) is 2.64. The molecule has 10 heteroatoms. The molecule has 2 aromatic carbocycles. The number of halogens is 6. The summed E-state index contributed by atoms with van der Waals surface area (Å²) >= 11 is 0. The van der Waals surface area contributed by atoms with Crippen LogP contribution in [-0.2, 0) is 25.2 Å². The van der Waals surface area contributed by atoms with Crippen molar-refractivity contribution < 1.29 is 26.3 Å². The predicted molar refractivity (Wildman–Crippen MR) is 99.4 cm³/mol. The minimum Gasteiger partial charge on any atom is -0.383 e. The molecule has 158 valence electrons. The molecular weight excluding hydrogens is 410 g/mol. The molecule has 4 N–H and O–H groups in total. The van der Waals surface area contributed by atoms with E-state index in [1.807, 2.05) is 0 Å². The third-order valence-electron chi connectivity index (χ3n) is 4.40. The zero-order chi connectivity index (χ0) is 22.1. The zero-order valence-corrected chi connectivity index (χ0v) is 15.3. The van der Waals surface area contributed by atoms with Crippen LogP contribution in [0.15, 0.2) is 48.5 Å². The fraction of sp³-hybridized carbons (Fsp3) is 0.200. The fourth-order valence-corrected chi connectivity index (χ4v) is 3.02. The third-order valence-corrected chi connectivity index (χ3v) is 4.40. The SMILES string of the molecule is Nc1nc(N)c(Cc2cccc(C(F)(F)F)c2)c(Cc2cccc(C(F)(F)F)c2)n1. The van der Waals surface area contributed by atoms with Crippen LogP contribution in [0.4, 0.5) is 38.1 Å². The maximum absolute atomic E-state index is 13.0. The first-order valence-electron chi connectivity index (χ1n) is 8.66. The number of rotatable bonds is 4. The van der Waals surface area contributed by atoms with Crippen LogP contribution in [0.25, 0.3) is 0 Å². The highest BCUT2D eigenvalue weighted by molar-refractivity contribution is 5.50. The first-order chi connectivity index (χ1) is 13.9. The van der Waals surface area contributed by atoms with Gasteiger partial charge < -0.3 is 11.5 Å². The average molecular weight is 426 g/mol. The number of alkyl halides is 6. The Morgan fingerprint density at radius 3 is 1.70 bits per heavy atom. The highest BCUT2D eigenvalue weighted by atomic mass is 19.4. The summed E-state index contributed by atoms with van der Waals surface area (Å²) in [6.07, 6.45) is -9.11. The maximum atomic E-state index is 13.0. The molecule has 0 aliphatic carbocycles. The molecular formula is C20H16F6N4. The van der Waals surface area contributed by atoms with Gasteiger partial charge in [-0.1, -0.05) is 36.4 Å². The van der Waals surface area contributed by atoms with Gasteiger partial charge in [-0.2, -0.15) is 31.3 Å². The predicted octanol–water partition coefficient (Wildman–Crippen LogP) is 4.86. The monoisotopic (exact) mass is 426 g/mol. The first-order valence-corrected chi connectivity index (χ1v) is 8.66. The minimum atomic E-state index is -4.51. The first kappa shape index (κ1) is 21.4. The van der Waals surface area contributed by atoms with Crippen molar-refractivity contribution in [3.8, 4) is 0 Å². The van der Waals surface area contributed by atoms with Gasteiger partial charge in [0.2, 0.25) is 5.95 Å². The van der Waals surface area contributed by atoms with E-state index in [4.69, 9.17) is 11.5 Å². The fourth-order valence-electron chi connectivity index (χ4n) is 3.02. The van der Waals surface area contributed by atoms with Crippen LogP contribution in [0, 0.1) is 0 Å². The van der Waals surface area contributed by atoms with Crippen LogP contribution in [0.1, 0.15) is 33.5 Å². The van der Waals surface area contributed by atoms with E-state index in [-0.39, 0.29) is 30.3 Å². The van der Waals surface area contributed by atoms with Crippen molar-refractivity contribution in [2.75, 3.05) is 11.5 Å². The van der Waals surface area contributed by atoms with Gasteiger partial charge in [0.1, 0.15) is 5.82 Å². The van der Waals surface area contributed by atoms with Crippen molar-refractivity contribution in [1.29, 1.82) is 0 Å². The standard InChI is InChI=1S/C20H16F6N4/c21-19(22,23)13-5-1-3-11(7-13)9-15-16(29-18(28)30-17(15)27)10-12-4-2-6-14(8-12)20(24,25)26/h1-8H,9-10H2,(H4,27,28,29,30). The van der Waals surface area contributed by atoms with E-state index in [9.17, 15) is 26.3 Å². The molecule has 3 aromatic rings. The van der Waals surface area contributed by atoms with Crippen molar-refractivity contribution in [1.82, 2.24) is 9.97 Å². The summed E-state index contributed by atoms with van der Waals surface area (Å²) in [7, 11) is 0.